The maximum Gasteiger partial charge on any atom is 0.416 e. The van der Waals surface area contributed by atoms with Gasteiger partial charge in [0.05, 0.1) is 11.5 Å². The maximum absolute atomic E-state index is 13.4. The Bertz CT molecular complexity index is 912. The third kappa shape index (κ3) is 4.09. The average molecular weight is 406 g/mol. The largest absolute Gasteiger partial charge is 0.416 e. The molecule has 2 aromatic carbocycles. The molecule has 0 bridgehead atoms. The van der Waals surface area contributed by atoms with Crippen molar-refractivity contribution in [2.24, 2.45) is 5.92 Å². The zero-order valence-corrected chi connectivity index (χ0v) is 15.8. The number of amides is 1. The minimum absolute atomic E-state index is 0.0273. The van der Waals surface area contributed by atoms with Crippen LogP contribution in [-0.2, 0) is 23.9 Å². The van der Waals surface area contributed by atoms with Gasteiger partial charge in [0.1, 0.15) is 5.82 Å². The molecule has 29 heavy (non-hydrogen) atoms. The topological polar surface area (TPSA) is 32.3 Å². The highest BCUT2D eigenvalue weighted by molar-refractivity contribution is 5.82. The van der Waals surface area contributed by atoms with Gasteiger partial charge >= 0.3 is 6.18 Å². The van der Waals surface area contributed by atoms with Crippen molar-refractivity contribution in [3.05, 3.63) is 65.0 Å². The molecule has 1 amide bonds. The van der Waals surface area contributed by atoms with Gasteiger partial charge in [-0.05, 0) is 67.1 Å². The molecular formula is C22H22F4N2O. The first-order valence-electron chi connectivity index (χ1n) is 9.82. The molecule has 0 aliphatic carbocycles. The number of benzene rings is 2. The Morgan fingerprint density at radius 3 is 2.72 bits per heavy atom. The highest BCUT2D eigenvalue weighted by Crippen LogP contribution is 2.41. The monoisotopic (exact) mass is 406 g/mol. The number of carbonyl (C=O) groups excluding carboxylic acids is 1. The molecule has 0 unspecified atom stereocenters. The van der Waals surface area contributed by atoms with E-state index in [4.69, 9.17) is 0 Å². The van der Waals surface area contributed by atoms with Crippen LogP contribution in [0.25, 0.3) is 0 Å². The van der Waals surface area contributed by atoms with Crippen LogP contribution in [0, 0.1) is 11.7 Å². The van der Waals surface area contributed by atoms with Gasteiger partial charge < -0.3 is 10.2 Å². The van der Waals surface area contributed by atoms with E-state index >= 15 is 0 Å². The zero-order valence-electron chi connectivity index (χ0n) is 15.8. The number of nitrogens with zero attached hydrogens (tertiary/aromatic N) is 1. The van der Waals surface area contributed by atoms with Gasteiger partial charge in [-0.15, -0.1) is 0 Å². The Morgan fingerprint density at radius 1 is 1.14 bits per heavy atom. The highest BCUT2D eigenvalue weighted by Gasteiger charge is 2.40. The second-order valence-electron chi connectivity index (χ2n) is 7.76. The number of alkyl halides is 3. The number of rotatable bonds is 3. The molecule has 1 N–H and O–H groups in total. The van der Waals surface area contributed by atoms with Crippen LogP contribution in [0.5, 0.6) is 0 Å². The van der Waals surface area contributed by atoms with Crippen molar-refractivity contribution in [2.45, 2.75) is 44.4 Å². The van der Waals surface area contributed by atoms with Crippen molar-refractivity contribution in [3.63, 3.8) is 0 Å². The number of anilines is 1. The predicted octanol–water partition coefficient (Wildman–Crippen LogP) is 4.69. The molecular weight excluding hydrogens is 384 g/mol. The lowest BCUT2D eigenvalue weighted by molar-refractivity contribution is -0.137. The number of piperidine rings is 1. The van der Waals surface area contributed by atoms with Crippen LogP contribution in [0.2, 0.25) is 0 Å². The van der Waals surface area contributed by atoms with Gasteiger partial charge in [-0.1, -0.05) is 12.1 Å². The van der Waals surface area contributed by atoms with Crippen molar-refractivity contribution in [2.75, 3.05) is 11.4 Å². The van der Waals surface area contributed by atoms with E-state index in [-0.39, 0.29) is 30.7 Å². The number of hydrogen-bond donors (Lipinski definition) is 1. The Hall–Kier alpha value is -2.57. The van der Waals surface area contributed by atoms with Crippen LogP contribution in [0.15, 0.2) is 42.5 Å². The van der Waals surface area contributed by atoms with E-state index in [1.54, 1.807) is 12.1 Å². The molecule has 7 heteroatoms. The standard InChI is InChI=1S/C22H22F4N2O/c23-17-5-3-4-14(10-17)13-27-21(29)18-12-15-11-16(22(24,25)26)7-8-19(15)28-9-2-1-6-20(18)28/h3-5,7-8,10-11,18,20H,1-2,6,9,12-13H2,(H,27,29)/t18-,20+/m0/s1. The Morgan fingerprint density at radius 2 is 1.97 bits per heavy atom. The summed E-state index contributed by atoms with van der Waals surface area (Å²) in [6.07, 6.45) is -1.36. The Kier molecular flexibility index (Phi) is 5.23. The van der Waals surface area contributed by atoms with E-state index in [1.165, 1.54) is 24.3 Å². The second kappa shape index (κ2) is 7.69. The van der Waals surface area contributed by atoms with Crippen LogP contribution >= 0.6 is 0 Å². The third-order valence-corrected chi connectivity index (χ3v) is 5.86. The van der Waals surface area contributed by atoms with Gasteiger partial charge in [0, 0.05) is 24.8 Å². The van der Waals surface area contributed by atoms with Crippen molar-refractivity contribution < 1.29 is 22.4 Å². The summed E-state index contributed by atoms with van der Waals surface area (Å²) < 4.78 is 52.8. The molecule has 2 aliphatic heterocycles. The molecule has 0 radical (unpaired) electrons. The van der Waals surface area contributed by atoms with Crippen LogP contribution in [-0.4, -0.2) is 18.5 Å². The first kappa shape index (κ1) is 19.7. The highest BCUT2D eigenvalue weighted by atomic mass is 19.4. The number of fused-ring (bicyclic) bond motifs is 3. The first-order valence-corrected chi connectivity index (χ1v) is 9.82. The van der Waals surface area contributed by atoms with E-state index in [0.29, 0.717) is 11.1 Å². The molecule has 2 heterocycles. The normalized spacial score (nSPS) is 21.3. The third-order valence-electron chi connectivity index (χ3n) is 5.86. The quantitative estimate of drug-likeness (QED) is 0.750. The minimum Gasteiger partial charge on any atom is -0.368 e. The lowest BCUT2D eigenvalue weighted by Crippen LogP contribution is -2.53. The molecule has 2 aliphatic rings. The molecule has 0 aromatic heterocycles. The fourth-order valence-corrected chi connectivity index (χ4v) is 4.49. The van der Waals surface area contributed by atoms with E-state index in [1.807, 2.05) is 0 Å². The summed E-state index contributed by atoms with van der Waals surface area (Å²) in [5, 5.41) is 2.85. The van der Waals surface area contributed by atoms with Crippen LogP contribution in [0.4, 0.5) is 23.2 Å². The Balaban J connectivity index is 1.57. The van der Waals surface area contributed by atoms with Gasteiger partial charge in [-0.25, -0.2) is 4.39 Å². The van der Waals surface area contributed by atoms with Gasteiger partial charge in [0.2, 0.25) is 5.91 Å². The van der Waals surface area contributed by atoms with Gasteiger partial charge in [0.25, 0.3) is 0 Å². The summed E-state index contributed by atoms with van der Waals surface area (Å²) in [7, 11) is 0. The summed E-state index contributed by atoms with van der Waals surface area (Å²) in [5.74, 6) is -1.00. The fourth-order valence-electron chi connectivity index (χ4n) is 4.49. The summed E-state index contributed by atoms with van der Waals surface area (Å²) in [6.45, 7) is 0.923. The van der Waals surface area contributed by atoms with E-state index < -0.39 is 17.7 Å². The first-order chi connectivity index (χ1) is 13.8. The lowest BCUT2D eigenvalue weighted by Gasteiger charge is -2.46. The second-order valence-corrected chi connectivity index (χ2v) is 7.76. The molecule has 0 spiro atoms. The maximum atomic E-state index is 13.4. The predicted molar refractivity (Wildman–Crippen MR) is 102 cm³/mol. The van der Waals surface area contributed by atoms with Crippen molar-refractivity contribution in [1.29, 1.82) is 0 Å². The summed E-state index contributed by atoms with van der Waals surface area (Å²) in [5.41, 5.74) is 1.32. The molecule has 3 nitrogen and oxygen atoms in total. The number of nitrogens with one attached hydrogen (secondary N) is 1. The molecule has 154 valence electrons. The summed E-state index contributed by atoms with van der Waals surface area (Å²) in [4.78, 5) is 15.0. The minimum atomic E-state index is -4.41. The summed E-state index contributed by atoms with van der Waals surface area (Å²) >= 11 is 0. The molecule has 2 aromatic rings. The lowest BCUT2D eigenvalue weighted by atomic mass is 9.80. The zero-order chi connectivity index (χ0) is 20.6. The molecule has 1 fully saturated rings. The van der Waals surface area contributed by atoms with Gasteiger partial charge in [0.15, 0.2) is 0 Å². The smallest absolute Gasteiger partial charge is 0.368 e. The van der Waals surface area contributed by atoms with E-state index in [0.717, 1.165) is 37.6 Å². The molecule has 0 saturated carbocycles. The number of halogens is 4. The van der Waals surface area contributed by atoms with Gasteiger partial charge in [-0.3, -0.25) is 4.79 Å². The number of carbonyl (C=O) groups is 1. The fraction of sp³-hybridized carbons (Fsp3) is 0.409. The number of hydrogen-bond acceptors (Lipinski definition) is 2. The Labute approximate surface area is 166 Å². The van der Waals surface area contributed by atoms with Gasteiger partial charge in [-0.2, -0.15) is 13.2 Å². The van der Waals surface area contributed by atoms with Crippen molar-refractivity contribution in [1.82, 2.24) is 5.32 Å². The molecule has 1 saturated heterocycles. The average Bonchev–Trinajstić information content (AvgIpc) is 2.70. The van der Waals surface area contributed by atoms with E-state index in [9.17, 15) is 22.4 Å². The van der Waals surface area contributed by atoms with Crippen LogP contribution in [0.3, 0.4) is 0 Å². The van der Waals surface area contributed by atoms with Crippen LogP contribution < -0.4 is 10.2 Å². The van der Waals surface area contributed by atoms with Crippen molar-refractivity contribution >= 4 is 11.6 Å². The summed E-state index contributed by atoms with van der Waals surface area (Å²) in [6, 6.07) is 9.80. The molecule has 2 atom stereocenters. The van der Waals surface area contributed by atoms with Crippen LogP contribution in [0.1, 0.15) is 36.0 Å². The van der Waals surface area contributed by atoms with E-state index in [2.05, 4.69) is 10.2 Å². The van der Waals surface area contributed by atoms with Crippen molar-refractivity contribution in [3.8, 4) is 0 Å². The molecule has 4 rings (SSSR count). The SMILES string of the molecule is O=C(NCc1cccc(F)c1)[C@H]1Cc2cc(C(F)(F)F)ccc2N2CCCC[C@H]12.